The molecule has 0 bridgehead atoms. The topological polar surface area (TPSA) is 48.0 Å². The summed E-state index contributed by atoms with van der Waals surface area (Å²) in [5, 5.41) is 0. The van der Waals surface area contributed by atoms with Crippen molar-refractivity contribution in [2.45, 2.75) is 6.42 Å². The maximum atomic E-state index is 11.9. The Morgan fingerprint density at radius 3 is 2.85 bits per heavy atom. The minimum atomic E-state index is 0.144. The molecule has 2 aliphatic rings. The predicted molar refractivity (Wildman–Crippen MR) is 73.6 cm³/mol. The van der Waals surface area contributed by atoms with Crippen molar-refractivity contribution in [3.63, 3.8) is 0 Å². The van der Waals surface area contributed by atoms with Crippen LogP contribution in [0.2, 0.25) is 0 Å². The Hall–Kier alpha value is -2.01. The van der Waals surface area contributed by atoms with Gasteiger partial charge in [-0.25, -0.2) is 0 Å². The zero-order valence-corrected chi connectivity index (χ0v) is 11.2. The summed E-state index contributed by atoms with van der Waals surface area (Å²) in [6.45, 7) is 2.93. The second-order valence-electron chi connectivity index (χ2n) is 4.71. The van der Waals surface area contributed by atoms with E-state index in [1.807, 2.05) is 35.3 Å². The molecule has 1 aromatic rings. The zero-order chi connectivity index (χ0) is 13.8. The molecule has 0 saturated carbocycles. The molecule has 0 aliphatic carbocycles. The Kier molecular flexibility index (Phi) is 3.87. The van der Waals surface area contributed by atoms with Gasteiger partial charge in [0.2, 0.25) is 12.7 Å². The zero-order valence-electron chi connectivity index (χ0n) is 11.2. The molecule has 1 saturated heterocycles. The molecule has 0 aromatic heterocycles. The van der Waals surface area contributed by atoms with E-state index in [9.17, 15) is 4.79 Å². The van der Waals surface area contributed by atoms with Crippen LogP contribution >= 0.6 is 0 Å². The highest BCUT2D eigenvalue weighted by atomic mass is 16.7. The number of hydrogen-bond donors (Lipinski definition) is 0. The van der Waals surface area contributed by atoms with Crippen molar-refractivity contribution in [3.8, 4) is 11.5 Å². The lowest BCUT2D eigenvalue weighted by atomic mass is 10.1. The van der Waals surface area contributed by atoms with Crippen LogP contribution in [0.1, 0.15) is 12.0 Å². The van der Waals surface area contributed by atoms with Gasteiger partial charge in [-0.1, -0.05) is 18.2 Å². The summed E-state index contributed by atoms with van der Waals surface area (Å²) in [5.74, 6) is 1.67. The predicted octanol–water partition coefficient (Wildman–Crippen LogP) is 1.68. The molecule has 3 rings (SSSR count). The van der Waals surface area contributed by atoms with Gasteiger partial charge in [0.1, 0.15) is 0 Å². The van der Waals surface area contributed by atoms with Gasteiger partial charge < -0.3 is 19.1 Å². The van der Waals surface area contributed by atoms with E-state index in [0.29, 0.717) is 32.7 Å². The van der Waals surface area contributed by atoms with Crippen LogP contribution < -0.4 is 9.47 Å². The molecule has 1 aromatic carbocycles. The first kappa shape index (κ1) is 13.0. The SMILES string of the molecule is O=C(C/C=C/c1ccc2c(c1)OCO2)N1CCOCC1. The molecule has 2 heterocycles. The Bertz CT molecular complexity index is 521. The van der Waals surface area contributed by atoms with E-state index in [1.54, 1.807) is 0 Å². The van der Waals surface area contributed by atoms with Crippen molar-refractivity contribution in [2.24, 2.45) is 0 Å². The Balaban J connectivity index is 1.56. The molecule has 1 amide bonds. The first-order valence-electron chi connectivity index (χ1n) is 6.74. The summed E-state index contributed by atoms with van der Waals surface area (Å²) in [6, 6.07) is 5.74. The van der Waals surface area contributed by atoms with Gasteiger partial charge in [-0.05, 0) is 17.7 Å². The number of ether oxygens (including phenoxy) is 3. The van der Waals surface area contributed by atoms with Crippen LogP contribution in [0, 0.1) is 0 Å². The van der Waals surface area contributed by atoms with Crippen LogP contribution in [-0.4, -0.2) is 43.9 Å². The highest BCUT2D eigenvalue weighted by Crippen LogP contribution is 2.32. The maximum absolute atomic E-state index is 11.9. The van der Waals surface area contributed by atoms with Crippen molar-refractivity contribution < 1.29 is 19.0 Å². The molecular formula is C15H17NO4. The van der Waals surface area contributed by atoms with Gasteiger partial charge in [-0.15, -0.1) is 0 Å². The summed E-state index contributed by atoms with van der Waals surface area (Å²) in [4.78, 5) is 13.8. The smallest absolute Gasteiger partial charge is 0.231 e. The van der Waals surface area contributed by atoms with Gasteiger partial charge >= 0.3 is 0 Å². The number of nitrogens with zero attached hydrogens (tertiary/aromatic N) is 1. The van der Waals surface area contributed by atoms with Crippen LogP contribution in [0.25, 0.3) is 6.08 Å². The number of carbonyl (C=O) groups excluding carboxylic acids is 1. The number of hydrogen-bond acceptors (Lipinski definition) is 4. The molecule has 1 fully saturated rings. The van der Waals surface area contributed by atoms with Gasteiger partial charge in [0.25, 0.3) is 0 Å². The normalized spacial score (nSPS) is 17.7. The van der Waals surface area contributed by atoms with Gasteiger partial charge in [0, 0.05) is 19.5 Å². The fourth-order valence-corrected chi connectivity index (χ4v) is 2.25. The summed E-state index contributed by atoms with van der Waals surface area (Å²) < 4.78 is 15.8. The molecule has 0 atom stereocenters. The molecule has 5 nitrogen and oxygen atoms in total. The standard InChI is InChI=1S/C15H17NO4/c17-15(16-6-8-18-9-7-16)3-1-2-12-4-5-13-14(10-12)20-11-19-13/h1-2,4-5,10H,3,6-9,11H2/b2-1+. The van der Waals surface area contributed by atoms with E-state index in [0.717, 1.165) is 17.1 Å². The molecule has 2 aliphatic heterocycles. The largest absolute Gasteiger partial charge is 0.454 e. The monoisotopic (exact) mass is 275 g/mol. The Labute approximate surface area is 117 Å². The summed E-state index contributed by atoms with van der Waals surface area (Å²) in [5.41, 5.74) is 1.00. The molecule has 20 heavy (non-hydrogen) atoms. The van der Waals surface area contributed by atoms with Crippen molar-refractivity contribution in [1.82, 2.24) is 4.90 Å². The number of morpholine rings is 1. The quantitative estimate of drug-likeness (QED) is 0.842. The lowest BCUT2D eigenvalue weighted by Crippen LogP contribution is -2.40. The van der Waals surface area contributed by atoms with Crippen LogP contribution in [0.5, 0.6) is 11.5 Å². The van der Waals surface area contributed by atoms with E-state index < -0.39 is 0 Å². The van der Waals surface area contributed by atoms with E-state index in [-0.39, 0.29) is 12.7 Å². The average Bonchev–Trinajstić information content (AvgIpc) is 2.95. The minimum Gasteiger partial charge on any atom is -0.454 e. The summed E-state index contributed by atoms with van der Waals surface area (Å²) >= 11 is 0. The molecule has 0 radical (unpaired) electrons. The third-order valence-electron chi connectivity index (χ3n) is 3.36. The molecule has 106 valence electrons. The summed E-state index contributed by atoms with van der Waals surface area (Å²) in [7, 11) is 0. The Morgan fingerprint density at radius 1 is 1.20 bits per heavy atom. The molecule has 0 N–H and O–H groups in total. The molecule has 5 heteroatoms. The van der Waals surface area contributed by atoms with E-state index in [2.05, 4.69) is 0 Å². The van der Waals surface area contributed by atoms with Crippen molar-refractivity contribution in [1.29, 1.82) is 0 Å². The minimum absolute atomic E-state index is 0.144. The molecule has 0 unspecified atom stereocenters. The summed E-state index contributed by atoms with van der Waals surface area (Å²) in [6.07, 6.45) is 4.23. The average molecular weight is 275 g/mol. The number of amides is 1. The number of fused-ring (bicyclic) bond motifs is 1. The molecule has 0 spiro atoms. The van der Waals surface area contributed by atoms with E-state index >= 15 is 0 Å². The maximum Gasteiger partial charge on any atom is 0.231 e. The lowest BCUT2D eigenvalue weighted by Gasteiger charge is -2.26. The van der Waals surface area contributed by atoms with Crippen molar-refractivity contribution >= 4 is 12.0 Å². The van der Waals surface area contributed by atoms with Crippen molar-refractivity contribution in [2.75, 3.05) is 33.1 Å². The van der Waals surface area contributed by atoms with Crippen LogP contribution in [0.15, 0.2) is 24.3 Å². The van der Waals surface area contributed by atoms with E-state index in [4.69, 9.17) is 14.2 Å². The number of benzene rings is 1. The third-order valence-corrected chi connectivity index (χ3v) is 3.36. The fourth-order valence-electron chi connectivity index (χ4n) is 2.25. The Morgan fingerprint density at radius 2 is 2.00 bits per heavy atom. The second-order valence-corrected chi connectivity index (χ2v) is 4.71. The van der Waals surface area contributed by atoms with Gasteiger partial charge in [-0.2, -0.15) is 0 Å². The lowest BCUT2D eigenvalue weighted by molar-refractivity contribution is -0.134. The van der Waals surface area contributed by atoms with Crippen LogP contribution in [0.4, 0.5) is 0 Å². The number of rotatable bonds is 3. The van der Waals surface area contributed by atoms with Gasteiger partial charge in [0.05, 0.1) is 13.2 Å². The first-order chi connectivity index (χ1) is 9.83. The second kappa shape index (κ2) is 5.96. The fraction of sp³-hybridized carbons (Fsp3) is 0.400. The third kappa shape index (κ3) is 2.93. The first-order valence-corrected chi connectivity index (χ1v) is 6.74. The van der Waals surface area contributed by atoms with Crippen LogP contribution in [-0.2, 0) is 9.53 Å². The van der Waals surface area contributed by atoms with Gasteiger partial charge in [-0.3, -0.25) is 4.79 Å². The number of carbonyl (C=O) groups is 1. The van der Waals surface area contributed by atoms with Crippen LogP contribution in [0.3, 0.4) is 0 Å². The highest BCUT2D eigenvalue weighted by Gasteiger charge is 2.15. The van der Waals surface area contributed by atoms with E-state index in [1.165, 1.54) is 0 Å². The molecular weight excluding hydrogens is 258 g/mol. The van der Waals surface area contributed by atoms with Crippen molar-refractivity contribution in [3.05, 3.63) is 29.8 Å². The highest BCUT2D eigenvalue weighted by molar-refractivity contribution is 5.78. The van der Waals surface area contributed by atoms with Gasteiger partial charge in [0.15, 0.2) is 11.5 Å².